The van der Waals surface area contributed by atoms with Crippen molar-refractivity contribution in [3.63, 3.8) is 0 Å². The molecule has 0 saturated heterocycles. The number of ether oxygens (including phenoxy) is 5. The molecule has 0 aromatic heterocycles. The molecule has 0 unspecified atom stereocenters. The third kappa shape index (κ3) is 4.23. The number of amides is 1. The first-order chi connectivity index (χ1) is 13.9. The van der Waals surface area contributed by atoms with Crippen LogP contribution in [0.25, 0.3) is 0 Å². The van der Waals surface area contributed by atoms with Gasteiger partial charge in [-0.05, 0) is 25.1 Å². The quantitative estimate of drug-likeness (QED) is 0.557. The molecular formula is C20H19NO8. The first kappa shape index (κ1) is 20.0. The number of hydrogen-bond donors (Lipinski definition) is 1. The second-order valence-electron chi connectivity index (χ2n) is 5.97. The summed E-state index contributed by atoms with van der Waals surface area (Å²) < 4.78 is 25.9. The van der Waals surface area contributed by atoms with Crippen LogP contribution >= 0.6 is 0 Å². The van der Waals surface area contributed by atoms with Crippen LogP contribution in [-0.2, 0) is 9.53 Å². The van der Waals surface area contributed by atoms with Gasteiger partial charge in [0.25, 0.3) is 5.91 Å². The van der Waals surface area contributed by atoms with Crippen LogP contribution in [0.4, 0.5) is 5.69 Å². The van der Waals surface area contributed by atoms with Crippen molar-refractivity contribution in [2.45, 2.75) is 6.92 Å². The summed E-state index contributed by atoms with van der Waals surface area (Å²) in [7, 11) is 2.84. The van der Waals surface area contributed by atoms with Gasteiger partial charge in [-0.2, -0.15) is 0 Å². The number of carbonyl (C=O) groups excluding carboxylic acids is 3. The summed E-state index contributed by atoms with van der Waals surface area (Å²) in [5.74, 6) is -0.257. The van der Waals surface area contributed by atoms with Crippen molar-refractivity contribution in [3.05, 3.63) is 41.5 Å². The third-order valence-corrected chi connectivity index (χ3v) is 4.12. The molecule has 29 heavy (non-hydrogen) atoms. The number of hydrogen-bond acceptors (Lipinski definition) is 8. The largest absolute Gasteiger partial charge is 0.493 e. The van der Waals surface area contributed by atoms with Crippen LogP contribution in [0, 0.1) is 0 Å². The third-order valence-electron chi connectivity index (χ3n) is 4.12. The summed E-state index contributed by atoms with van der Waals surface area (Å²) in [6.45, 7) is 0.831. The number of benzene rings is 2. The van der Waals surface area contributed by atoms with Crippen LogP contribution in [0.2, 0.25) is 0 Å². The Morgan fingerprint density at radius 3 is 2.41 bits per heavy atom. The van der Waals surface area contributed by atoms with Gasteiger partial charge in [0, 0.05) is 11.6 Å². The molecule has 0 aliphatic carbocycles. The summed E-state index contributed by atoms with van der Waals surface area (Å²) in [4.78, 5) is 36.5. The lowest BCUT2D eigenvalue weighted by Crippen LogP contribution is -2.22. The average molecular weight is 401 g/mol. The lowest BCUT2D eigenvalue weighted by Gasteiger charge is -2.13. The Hall–Kier alpha value is -3.75. The lowest BCUT2D eigenvalue weighted by molar-refractivity contribution is -0.119. The predicted octanol–water partition coefficient (Wildman–Crippen LogP) is 2.43. The van der Waals surface area contributed by atoms with Crippen LogP contribution in [0.5, 0.6) is 23.0 Å². The zero-order valence-electron chi connectivity index (χ0n) is 16.1. The second kappa shape index (κ2) is 8.51. The van der Waals surface area contributed by atoms with Crippen molar-refractivity contribution >= 4 is 23.3 Å². The summed E-state index contributed by atoms with van der Waals surface area (Å²) in [5, 5.41) is 2.55. The van der Waals surface area contributed by atoms with Crippen LogP contribution in [0.15, 0.2) is 30.3 Å². The van der Waals surface area contributed by atoms with Crippen molar-refractivity contribution < 1.29 is 38.1 Å². The highest BCUT2D eigenvalue weighted by Crippen LogP contribution is 2.37. The summed E-state index contributed by atoms with van der Waals surface area (Å²) in [6.07, 6.45) is 0. The Balaban J connectivity index is 1.70. The molecule has 0 atom stereocenters. The molecule has 9 heteroatoms. The van der Waals surface area contributed by atoms with Crippen molar-refractivity contribution in [2.75, 3.05) is 32.9 Å². The van der Waals surface area contributed by atoms with E-state index in [0.29, 0.717) is 17.2 Å². The van der Waals surface area contributed by atoms with Crippen LogP contribution < -0.4 is 24.3 Å². The van der Waals surface area contributed by atoms with Gasteiger partial charge < -0.3 is 29.0 Å². The summed E-state index contributed by atoms with van der Waals surface area (Å²) in [5.41, 5.74) is 0.609. The SMILES string of the molecule is COc1cccc(C(=O)OCC(=O)Nc2cc3c(cc2C(C)=O)OCO3)c1OC. The predicted molar refractivity (Wildman–Crippen MR) is 101 cm³/mol. The van der Waals surface area contributed by atoms with E-state index in [1.165, 1.54) is 39.3 Å². The van der Waals surface area contributed by atoms with Gasteiger partial charge in [0.1, 0.15) is 5.56 Å². The molecule has 1 amide bonds. The van der Waals surface area contributed by atoms with Crippen LogP contribution in [0.3, 0.4) is 0 Å². The maximum absolute atomic E-state index is 12.3. The fraction of sp³-hybridized carbons (Fsp3) is 0.250. The molecule has 1 aliphatic heterocycles. The molecule has 1 heterocycles. The van der Waals surface area contributed by atoms with Gasteiger partial charge in [-0.25, -0.2) is 4.79 Å². The minimum atomic E-state index is -0.756. The van der Waals surface area contributed by atoms with Gasteiger partial charge in [0.15, 0.2) is 35.4 Å². The van der Waals surface area contributed by atoms with Gasteiger partial charge >= 0.3 is 5.97 Å². The number of nitrogens with one attached hydrogen (secondary N) is 1. The van der Waals surface area contributed by atoms with Gasteiger partial charge in [0.05, 0.1) is 19.9 Å². The Morgan fingerprint density at radius 2 is 1.76 bits per heavy atom. The van der Waals surface area contributed by atoms with Crippen molar-refractivity contribution in [2.24, 2.45) is 0 Å². The van der Waals surface area contributed by atoms with E-state index < -0.39 is 18.5 Å². The van der Waals surface area contributed by atoms with E-state index in [-0.39, 0.29) is 35.1 Å². The number of ketones is 1. The number of carbonyl (C=O) groups is 3. The highest BCUT2D eigenvalue weighted by molar-refractivity contribution is 6.05. The number of anilines is 1. The minimum absolute atomic E-state index is 0.0318. The van der Waals surface area contributed by atoms with Crippen molar-refractivity contribution in [1.82, 2.24) is 0 Å². The van der Waals surface area contributed by atoms with Gasteiger partial charge in [-0.15, -0.1) is 0 Å². The molecule has 9 nitrogen and oxygen atoms in total. The standard InChI is InChI=1S/C20H19NO8/c1-11(22)13-7-16-17(29-10-28-16)8-14(13)21-18(23)9-27-20(24)12-5-4-6-15(25-2)19(12)26-3/h4-8H,9-10H2,1-3H3,(H,21,23). The van der Waals surface area contributed by atoms with E-state index in [4.69, 9.17) is 23.7 Å². The average Bonchev–Trinajstić information content (AvgIpc) is 3.17. The van der Waals surface area contributed by atoms with E-state index in [2.05, 4.69) is 5.32 Å². The van der Waals surface area contributed by atoms with E-state index in [1.807, 2.05) is 0 Å². The number of Topliss-reactive ketones (excluding diaryl/α,β-unsaturated/α-hetero) is 1. The first-order valence-electron chi connectivity index (χ1n) is 8.57. The molecule has 2 aromatic carbocycles. The fourth-order valence-electron chi connectivity index (χ4n) is 2.78. The molecule has 0 spiro atoms. The number of methoxy groups -OCH3 is 2. The van der Waals surface area contributed by atoms with Gasteiger partial charge in [-0.3, -0.25) is 9.59 Å². The highest BCUT2D eigenvalue weighted by Gasteiger charge is 2.22. The van der Waals surface area contributed by atoms with E-state index >= 15 is 0 Å². The van der Waals surface area contributed by atoms with Crippen molar-refractivity contribution in [1.29, 1.82) is 0 Å². The summed E-state index contributed by atoms with van der Waals surface area (Å²) >= 11 is 0. The molecule has 152 valence electrons. The maximum Gasteiger partial charge on any atom is 0.342 e. The molecule has 0 bridgehead atoms. The maximum atomic E-state index is 12.3. The summed E-state index contributed by atoms with van der Waals surface area (Å²) in [6, 6.07) is 7.71. The molecule has 0 radical (unpaired) electrons. The molecule has 2 aromatic rings. The highest BCUT2D eigenvalue weighted by atomic mass is 16.7. The van der Waals surface area contributed by atoms with E-state index in [9.17, 15) is 14.4 Å². The topological polar surface area (TPSA) is 109 Å². The minimum Gasteiger partial charge on any atom is -0.493 e. The Bertz CT molecular complexity index is 969. The van der Waals surface area contributed by atoms with Gasteiger partial charge in [-0.1, -0.05) is 6.07 Å². The zero-order chi connectivity index (χ0) is 21.0. The molecule has 1 N–H and O–H groups in total. The normalized spacial score (nSPS) is 11.6. The molecule has 1 aliphatic rings. The second-order valence-corrected chi connectivity index (χ2v) is 5.97. The van der Waals surface area contributed by atoms with Gasteiger partial charge in [0.2, 0.25) is 6.79 Å². The lowest BCUT2D eigenvalue weighted by atomic mass is 10.1. The van der Waals surface area contributed by atoms with Crippen LogP contribution in [-0.4, -0.2) is 45.3 Å². The Morgan fingerprint density at radius 1 is 1.03 bits per heavy atom. The Kier molecular flexibility index (Phi) is 5.87. The Labute approximate surface area is 166 Å². The number of fused-ring (bicyclic) bond motifs is 1. The molecule has 3 rings (SSSR count). The van der Waals surface area contributed by atoms with E-state index in [1.54, 1.807) is 12.1 Å². The zero-order valence-corrected chi connectivity index (χ0v) is 16.1. The number of esters is 1. The smallest absolute Gasteiger partial charge is 0.342 e. The van der Waals surface area contributed by atoms with Crippen LogP contribution in [0.1, 0.15) is 27.6 Å². The van der Waals surface area contributed by atoms with Crippen molar-refractivity contribution in [3.8, 4) is 23.0 Å². The molecule has 0 fully saturated rings. The first-order valence-corrected chi connectivity index (χ1v) is 8.57. The molecular weight excluding hydrogens is 382 g/mol. The number of para-hydroxylation sites is 1. The monoisotopic (exact) mass is 401 g/mol. The molecule has 0 saturated carbocycles. The van der Waals surface area contributed by atoms with E-state index in [0.717, 1.165) is 0 Å². The number of rotatable bonds is 7. The fourth-order valence-corrected chi connectivity index (χ4v) is 2.78.